The zero-order valence-corrected chi connectivity index (χ0v) is 10.4. The maximum atomic E-state index is 9.33. The molecule has 2 nitrogen and oxygen atoms in total. The molecule has 0 radical (unpaired) electrons. The molecule has 1 N–H and O–H groups in total. The zero-order valence-electron chi connectivity index (χ0n) is 8.79. The summed E-state index contributed by atoms with van der Waals surface area (Å²) in [6.07, 6.45) is 2.17. The van der Waals surface area contributed by atoms with E-state index in [1.807, 2.05) is 13.0 Å². The molecule has 1 aliphatic rings. The van der Waals surface area contributed by atoms with Crippen LogP contribution in [0.4, 0.5) is 0 Å². The number of aliphatic hydroxyl groups excluding tert-OH is 1. The van der Waals surface area contributed by atoms with Crippen LogP contribution in [0.15, 0.2) is 22.7 Å². The highest BCUT2D eigenvalue weighted by Gasteiger charge is 2.43. The Morgan fingerprint density at radius 1 is 1.47 bits per heavy atom. The lowest BCUT2D eigenvalue weighted by Crippen LogP contribution is -2.11. The molecule has 0 amide bonds. The van der Waals surface area contributed by atoms with E-state index in [4.69, 9.17) is 4.74 Å². The molecule has 0 aliphatic heterocycles. The van der Waals surface area contributed by atoms with Crippen molar-refractivity contribution in [2.45, 2.75) is 25.2 Å². The van der Waals surface area contributed by atoms with Gasteiger partial charge in [-0.05, 0) is 53.4 Å². The second-order valence-electron chi connectivity index (χ2n) is 4.02. The maximum absolute atomic E-state index is 9.33. The molecule has 0 bridgehead atoms. The van der Waals surface area contributed by atoms with Crippen molar-refractivity contribution < 1.29 is 9.84 Å². The average molecular weight is 271 g/mol. The first-order chi connectivity index (χ1) is 7.22. The van der Waals surface area contributed by atoms with E-state index in [-0.39, 0.29) is 12.0 Å². The molecule has 1 saturated carbocycles. The lowest BCUT2D eigenvalue weighted by molar-refractivity contribution is 0.255. The fourth-order valence-corrected chi connectivity index (χ4v) is 2.29. The molecule has 1 aromatic carbocycles. The Morgan fingerprint density at radius 3 is 2.67 bits per heavy atom. The highest BCUT2D eigenvalue weighted by atomic mass is 79.9. The molecule has 0 atom stereocenters. The van der Waals surface area contributed by atoms with Gasteiger partial charge in [0.15, 0.2) is 0 Å². The summed E-state index contributed by atoms with van der Waals surface area (Å²) in [5.41, 5.74) is 1.24. The van der Waals surface area contributed by atoms with Gasteiger partial charge in [-0.25, -0.2) is 0 Å². The highest BCUT2D eigenvalue weighted by Crippen LogP contribution is 2.48. The SMILES string of the molecule is CCOc1ccc(C2(CO)CC2)cc1Br. The molecule has 0 heterocycles. The second kappa shape index (κ2) is 4.14. The van der Waals surface area contributed by atoms with Gasteiger partial charge in [-0.3, -0.25) is 0 Å². The smallest absolute Gasteiger partial charge is 0.133 e. The first kappa shape index (κ1) is 11.0. The summed E-state index contributed by atoms with van der Waals surface area (Å²) in [5.74, 6) is 0.870. The summed E-state index contributed by atoms with van der Waals surface area (Å²) in [7, 11) is 0. The summed E-state index contributed by atoms with van der Waals surface area (Å²) in [6.45, 7) is 2.88. The Kier molecular flexibility index (Phi) is 3.03. The van der Waals surface area contributed by atoms with Crippen molar-refractivity contribution >= 4 is 15.9 Å². The summed E-state index contributed by atoms with van der Waals surface area (Å²) in [6, 6.07) is 6.09. The number of halogens is 1. The minimum absolute atomic E-state index is 0.0350. The normalized spacial score (nSPS) is 17.5. The number of hydrogen-bond donors (Lipinski definition) is 1. The van der Waals surface area contributed by atoms with E-state index in [0.717, 1.165) is 23.1 Å². The molecular formula is C12H15BrO2. The van der Waals surface area contributed by atoms with Gasteiger partial charge in [0.05, 0.1) is 17.7 Å². The third-order valence-electron chi connectivity index (χ3n) is 3.00. The van der Waals surface area contributed by atoms with E-state index >= 15 is 0 Å². The fraction of sp³-hybridized carbons (Fsp3) is 0.500. The van der Waals surface area contributed by atoms with Gasteiger partial charge in [0.2, 0.25) is 0 Å². The summed E-state index contributed by atoms with van der Waals surface area (Å²) in [5, 5.41) is 9.33. The van der Waals surface area contributed by atoms with Crippen molar-refractivity contribution in [3.63, 3.8) is 0 Å². The minimum Gasteiger partial charge on any atom is -0.493 e. The van der Waals surface area contributed by atoms with Crippen molar-refractivity contribution in [2.24, 2.45) is 0 Å². The second-order valence-corrected chi connectivity index (χ2v) is 4.87. The van der Waals surface area contributed by atoms with Gasteiger partial charge in [-0.2, -0.15) is 0 Å². The lowest BCUT2D eigenvalue weighted by atomic mass is 9.97. The van der Waals surface area contributed by atoms with Gasteiger partial charge in [-0.1, -0.05) is 6.07 Å². The van der Waals surface area contributed by atoms with Crippen molar-refractivity contribution in [2.75, 3.05) is 13.2 Å². The number of ether oxygens (including phenoxy) is 1. The molecule has 15 heavy (non-hydrogen) atoms. The number of rotatable bonds is 4. The first-order valence-electron chi connectivity index (χ1n) is 5.25. The van der Waals surface area contributed by atoms with Crippen LogP contribution in [-0.4, -0.2) is 18.3 Å². The van der Waals surface area contributed by atoms with E-state index in [2.05, 4.69) is 28.1 Å². The van der Waals surface area contributed by atoms with Crippen molar-refractivity contribution in [1.82, 2.24) is 0 Å². The van der Waals surface area contributed by atoms with Gasteiger partial charge >= 0.3 is 0 Å². The third kappa shape index (κ3) is 2.04. The van der Waals surface area contributed by atoms with Crippen molar-refractivity contribution in [3.05, 3.63) is 28.2 Å². The lowest BCUT2D eigenvalue weighted by Gasteiger charge is -2.14. The topological polar surface area (TPSA) is 29.5 Å². The molecule has 1 fully saturated rings. The van der Waals surface area contributed by atoms with Crippen LogP contribution in [0.5, 0.6) is 5.75 Å². The summed E-state index contributed by atoms with van der Waals surface area (Å²) >= 11 is 3.49. The molecular weight excluding hydrogens is 256 g/mol. The third-order valence-corrected chi connectivity index (χ3v) is 3.62. The van der Waals surface area contributed by atoms with Crippen LogP contribution in [0.25, 0.3) is 0 Å². The van der Waals surface area contributed by atoms with Crippen molar-refractivity contribution in [3.8, 4) is 5.75 Å². The predicted octanol–water partition coefficient (Wildman–Crippen LogP) is 2.87. The Labute approximate surface area is 98.4 Å². The maximum Gasteiger partial charge on any atom is 0.133 e. The molecule has 0 unspecified atom stereocenters. The Bertz CT molecular complexity index is 359. The largest absolute Gasteiger partial charge is 0.493 e. The van der Waals surface area contributed by atoms with Gasteiger partial charge in [0.1, 0.15) is 5.75 Å². The number of hydrogen-bond acceptors (Lipinski definition) is 2. The molecule has 3 heteroatoms. The average Bonchev–Trinajstić information content (AvgIpc) is 3.02. The molecule has 1 aliphatic carbocycles. The molecule has 1 aromatic rings. The Morgan fingerprint density at radius 2 is 2.20 bits per heavy atom. The van der Waals surface area contributed by atoms with E-state index in [1.165, 1.54) is 5.56 Å². The van der Waals surface area contributed by atoms with Crippen LogP contribution in [0.3, 0.4) is 0 Å². The Balaban J connectivity index is 2.25. The standard InChI is InChI=1S/C12H15BrO2/c1-2-15-11-4-3-9(7-10(11)13)12(8-14)5-6-12/h3-4,7,14H,2,5-6,8H2,1H3. The fourth-order valence-electron chi connectivity index (χ4n) is 1.79. The van der Waals surface area contributed by atoms with Crippen LogP contribution in [0.2, 0.25) is 0 Å². The predicted molar refractivity (Wildman–Crippen MR) is 63.3 cm³/mol. The van der Waals surface area contributed by atoms with Crippen LogP contribution in [0, 0.1) is 0 Å². The molecule has 0 aromatic heterocycles. The van der Waals surface area contributed by atoms with Crippen LogP contribution >= 0.6 is 15.9 Å². The quantitative estimate of drug-likeness (QED) is 0.912. The number of aliphatic hydroxyl groups is 1. The van der Waals surface area contributed by atoms with Crippen LogP contribution < -0.4 is 4.74 Å². The molecule has 2 rings (SSSR count). The van der Waals surface area contributed by atoms with Crippen molar-refractivity contribution in [1.29, 1.82) is 0 Å². The highest BCUT2D eigenvalue weighted by molar-refractivity contribution is 9.10. The minimum atomic E-state index is 0.0350. The van der Waals surface area contributed by atoms with E-state index in [1.54, 1.807) is 0 Å². The van der Waals surface area contributed by atoms with E-state index in [9.17, 15) is 5.11 Å². The monoisotopic (exact) mass is 270 g/mol. The summed E-state index contributed by atoms with van der Waals surface area (Å²) < 4.78 is 6.42. The van der Waals surface area contributed by atoms with Crippen LogP contribution in [-0.2, 0) is 5.41 Å². The molecule has 82 valence electrons. The van der Waals surface area contributed by atoms with Gasteiger partial charge in [0, 0.05) is 5.41 Å². The number of benzene rings is 1. The van der Waals surface area contributed by atoms with Gasteiger partial charge < -0.3 is 9.84 Å². The van der Waals surface area contributed by atoms with E-state index < -0.39 is 0 Å². The zero-order chi connectivity index (χ0) is 10.9. The molecule has 0 saturated heterocycles. The summed E-state index contributed by atoms with van der Waals surface area (Å²) in [4.78, 5) is 0. The van der Waals surface area contributed by atoms with E-state index in [0.29, 0.717) is 6.61 Å². The molecule has 0 spiro atoms. The van der Waals surface area contributed by atoms with Gasteiger partial charge in [-0.15, -0.1) is 0 Å². The Hall–Kier alpha value is -0.540. The van der Waals surface area contributed by atoms with Crippen LogP contribution in [0.1, 0.15) is 25.3 Å². The first-order valence-corrected chi connectivity index (χ1v) is 6.05. The van der Waals surface area contributed by atoms with Gasteiger partial charge in [0.25, 0.3) is 0 Å².